The molecule has 4 rings (SSSR count). The average Bonchev–Trinajstić information content (AvgIpc) is 3.27. The molecule has 2 fully saturated rings. The highest BCUT2D eigenvalue weighted by Gasteiger charge is 2.49. The normalized spacial score (nSPS) is 20.3. The maximum absolute atomic E-state index is 12.7. The van der Waals surface area contributed by atoms with Gasteiger partial charge in [-0.2, -0.15) is 0 Å². The predicted octanol–water partition coefficient (Wildman–Crippen LogP) is 2.79. The van der Waals surface area contributed by atoms with Crippen molar-refractivity contribution < 1.29 is 21.6 Å². The molecule has 10 heteroatoms. The lowest BCUT2D eigenvalue weighted by Gasteiger charge is -2.18. The van der Waals surface area contributed by atoms with Crippen LogP contribution in [0.3, 0.4) is 0 Å². The van der Waals surface area contributed by atoms with Gasteiger partial charge in [-0.15, -0.1) is 0 Å². The highest BCUT2D eigenvalue weighted by Crippen LogP contribution is 2.36. The monoisotopic (exact) mass is 463 g/mol. The highest BCUT2D eigenvalue weighted by atomic mass is 32.2. The highest BCUT2D eigenvalue weighted by molar-refractivity contribution is 7.94. The van der Waals surface area contributed by atoms with Crippen LogP contribution in [0.4, 0.5) is 17.1 Å². The average molecular weight is 464 g/mol. The first-order valence-corrected chi connectivity index (χ1v) is 13.1. The van der Waals surface area contributed by atoms with Crippen LogP contribution in [0.5, 0.6) is 0 Å². The first kappa shape index (κ1) is 21.6. The van der Waals surface area contributed by atoms with Crippen LogP contribution in [0.25, 0.3) is 0 Å². The smallest absolute Gasteiger partial charge is 0.261 e. The summed E-state index contributed by atoms with van der Waals surface area (Å²) in [6, 6.07) is 12.5. The number of hydrogen-bond acceptors (Lipinski definition) is 6. The van der Waals surface area contributed by atoms with Crippen molar-refractivity contribution in [3.05, 3.63) is 48.5 Å². The molecule has 8 nitrogen and oxygen atoms in total. The molecule has 0 radical (unpaired) electrons. The SMILES string of the molecule is CC1(C)CS(=O)(=O)N(c2ccc(S(=O)(=O)Nc3ccc(N4CCCC4)cc3)cc2)C1=O. The summed E-state index contributed by atoms with van der Waals surface area (Å²) >= 11 is 0. The van der Waals surface area contributed by atoms with E-state index in [1.54, 1.807) is 26.0 Å². The molecule has 2 aromatic carbocycles. The number of carbonyl (C=O) groups is 1. The van der Waals surface area contributed by atoms with Gasteiger partial charge in [0.25, 0.3) is 10.0 Å². The summed E-state index contributed by atoms with van der Waals surface area (Å²) < 4.78 is 53.6. The fourth-order valence-corrected chi connectivity index (χ4v) is 7.12. The van der Waals surface area contributed by atoms with Gasteiger partial charge in [-0.25, -0.2) is 21.1 Å². The van der Waals surface area contributed by atoms with Crippen molar-refractivity contribution in [3.8, 4) is 0 Å². The molecule has 0 aliphatic carbocycles. The second kappa shape index (κ2) is 7.52. The Morgan fingerprint density at radius 1 is 0.903 bits per heavy atom. The molecule has 0 unspecified atom stereocenters. The van der Waals surface area contributed by atoms with Crippen LogP contribution in [0.2, 0.25) is 0 Å². The van der Waals surface area contributed by atoms with Crippen LogP contribution in [-0.2, 0) is 24.8 Å². The zero-order valence-corrected chi connectivity index (χ0v) is 19.0. The standard InChI is InChI=1S/C21H25N3O5S2/c1-21(2)15-30(26,27)24(20(21)25)18-9-11-19(12-10-18)31(28,29)22-16-5-7-17(8-6-16)23-13-3-4-14-23/h5-12,22H,3-4,13-15H2,1-2H3. The Labute approximate surface area is 183 Å². The lowest BCUT2D eigenvalue weighted by atomic mass is 9.95. The predicted molar refractivity (Wildman–Crippen MR) is 120 cm³/mol. The number of nitrogens with zero attached hydrogens (tertiary/aromatic N) is 2. The number of carbonyl (C=O) groups excluding carboxylic acids is 1. The molecular formula is C21H25N3O5S2. The zero-order valence-electron chi connectivity index (χ0n) is 17.4. The molecule has 31 heavy (non-hydrogen) atoms. The summed E-state index contributed by atoms with van der Waals surface area (Å²) in [7, 11) is -7.66. The van der Waals surface area contributed by atoms with Crippen molar-refractivity contribution >= 4 is 43.0 Å². The number of amides is 1. The van der Waals surface area contributed by atoms with Crippen molar-refractivity contribution in [2.75, 3.05) is 32.8 Å². The molecule has 166 valence electrons. The Morgan fingerprint density at radius 2 is 1.45 bits per heavy atom. The van der Waals surface area contributed by atoms with Gasteiger partial charge in [0.05, 0.1) is 21.8 Å². The van der Waals surface area contributed by atoms with Crippen molar-refractivity contribution in [1.82, 2.24) is 0 Å². The third kappa shape index (κ3) is 4.14. The van der Waals surface area contributed by atoms with Crippen molar-refractivity contribution in [2.24, 2.45) is 5.41 Å². The molecule has 0 bridgehead atoms. The summed E-state index contributed by atoms with van der Waals surface area (Å²) in [6.45, 7) is 5.16. The van der Waals surface area contributed by atoms with Gasteiger partial charge in [-0.05, 0) is 75.2 Å². The lowest BCUT2D eigenvalue weighted by Crippen LogP contribution is -2.32. The van der Waals surface area contributed by atoms with E-state index < -0.39 is 31.4 Å². The molecule has 0 saturated carbocycles. The topological polar surface area (TPSA) is 104 Å². The summed E-state index contributed by atoms with van der Waals surface area (Å²) in [6.07, 6.45) is 2.32. The van der Waals surface area contributed by atoms with E-state index in [1.165, 1.54) is 24.3 Å². The van der Waals surface area contributed by atoms with Crippen molar-refractivity contribution in [1.29, 1.82) is 0 Å². The maximum Gasteiger partial charge on any atom is 0.261 e. The van der Waals surface area contributed by atoms with Gasteiger partial charge in [-0.1, -0.05) is 0 Å². The first-order valence-electron chi connectivity index (χ1n) is 10.0. The Balaban J connectivity index is 1.52. The number of benzene rings is 2. The van der Waals surface area contributed by atoms with Crippen molar-refractivity contribution in [3.63, 3.8) is 0 Å². The van der Waals surface area contributed by atoms with Crippen LogP contribution in [0.15, 0.2) is 53.4 Å². The van der Waals surface area contributed by atoms with Gasteiger partial charge < -0.3 is 4.90 Å². The van der Waals surface area contributed by atoms with E-state index in [9.17, 15) is 21.6 Å². The molecule has 0 spiro atoms. The summed E-state index contributed by atoms with van der Waals surface area (Å²) in [5.74, 6) is -0.812. The van der Waals surface area contributed by atoms with E-state index in [2.05, 4.69) is 9.62 Å². The molecule has 2 aliphatic rings. The number of nitrogens with one attached hydrogen (secondary N) is 1. The number of sulfonamides is 2. The van der Waals surface area contributed by atoms with E-state index >= 15 is 0 Å². The minimum absolute atomic E-state index is 0.0248. The van der Waals surface area contributed by atoms with Gasteiger partial charge in [0.2, 0.25) is 15.9 Å². The fourth-order valence-electron chi connectivity index (χ4n) is 3.95. The van der Waals surface area contributed by atoms with Crippen LogP contribution < -0.4 is 13.9 Å². The Bertz CT molecular complexity index is 1200. The van der Waals surface area contributed by atoms with E-state index in [0.717, 1.165) is 35.9 Å². The second-order valence-corrected chi connectivity index (χ2v) is 12.1. The number of hydrogen-bond donors (Lipinski definition) is 1. The quantitative estimate of drug-likeness (QED) is 0.731. The minimum atomic E-state index is -3.87. The van der Waals surface area contributed by atoms with Gasteiger partial charge in [0.1, 0.15) is 0 Å². The third-order valence-corrected chi connectivity index (χ3v) is 8.97. The number of anilines is 3. The van der Waals surface area contributed by atoms with E-state index in [0.29, 0.717) is 5.69 Å². The van der Waals surface area contributed by atoms with Gasteiger partial charge in [-0.3, -0.25) is 9.52 Å². The minimum Gasteiger partial charge on any atom is -0.372 e. The molecule has 2 aliphatic heterocycles. The molecule has 0 atom stereocenters. The summed E-state index contributed by atoms with van der Waals surface area (Å²) in [5.41, 5.74) is 0.603. The molecule has 1 N–H and O–H groups in total. The second-order valence-electron chi connectivity index (χ2n) is 8.55. The molecular weight excluding hydrogens is 438 g/mol. The molecule has 1 amide bonds. The van der Waals surface area contributed by atoms with E-state index in [1.807, 2.05) is 12.1 Å². The molecule has 2 aromatic rings. The molecule has 2 saturated heterocycles. The zero-order chi connectivity index (χ0) is 22.4. The fraction of sp³-hybridized carbons (Fsp3) is 0.381. The number of rotatable bonds is 5. The third-order valence-electron chi connectivity index (χ3n) is 5.56. The largest absolute Gasteiger partial charge is 0.372 e. The Hall–Kier alpha value is -2.59. The summed E-state index contributed by atoms with van der Waals surface area (Å²) in [5, 5.41) is 0. The maximum atomic E-state index is 12.7. The van der Waals surface area contributed by atoms with Crippen LogP contribution >= 0.6 is 0 Å². The summed E-state index contributed by atoms with van der Waals surface area (Å²) in [4.78, 5) is 14.7. The van der Waals surface area contributed by atoms with Crippen LogP contribution in [0.1, 0.15) is 26.7 Å². The Morgan fingerprint density at radius 3 is 1.97 bits per heavy atom. The van der Waals surface area contributed by atoms with Gasteiger partial charge >= 0.3 is 0 Å². The van der Waals surface area contributed by atoms with E-state index in [-0.39, 0.29) is 16.3 Å². The van der Waals surface area contributed by atoms with Crippen LogP contribution in [-0.4, -0.2) is 41.6 Å². The van der Waals surface area contributed by atoms with Crippen LogP contribution in [0, 0.1) is 5.41 Å². The van der Waals surface area contributed by atoms with Gasteiger partial charge in [0, 0.05) is 24.5 Å². The van der Waals surface area contributed by atoms with Crippen molar-refractivity contribution in [2.45, 2.75) is 31.6 Å². The molecule has 2 heterocycles. The molecule has 0 aromatic heterocycles. The van der Waals surface area contributed by atoms with Gasteiger partial charge in [0.15, 0.2) is 0 Å². The van der Waals surface area contributed by atoms with E-state index in [4.69, 9.17) is 0 Å². The Kier molecular flexibility index (Phi) is 5.25. The lowest BCUT2D eigenvalue weighted by molar-refractivity contribution is -0.123. The first-order chi connectivity index (χ1) is 14.5.